The van der Waals surface area contributed by atoms with Crippen LogP contribution in [-0.2, 0) is 0 Å². The van der Waals surface area contributed by atoms with Gasteiger partial charge >= 0.3 is 0 Å². The zero-order chi connectivity index (χ0) is 15.2. The first-order valence-corrected chi connectivity index (χ1v) is 6.24. The van der Waals surface area contributed by atoms with E-state index >= 15 is 0 Å². The third-order valence-electron chi connectivity index (χ3n) is 2.65. The number of hydrogen-bond acceptors (Lipinski definition) is 3. The Morgan fingerprint density at radius 2 is 2.19 bits per heavy atom. The Bertz CT molecular complexity index is 733. The highest BCUT2D eigenvalue weighted by atomic mass is 19.1. The van der Waals surface area contributed by atoms with Crippen LogP contribution in [0.3, 0.4) is 0 Å². The standard InChI is InChI=1S/C16H13FN2O2/c1-11-4-2-6-15(18-11)16(21)19-14-8-7-12(5-3-9-20)10-13(14)17/h2,4,6-8,10,20H,9H2,1H3,(H,19,21). The lowest BCUT2D eigenvalue weighted by molar-refractivity contribution is 0.102. The van der Waals surface area contributed by atoms with E-state index in [1.54, 1.807) is 31.2 Å². The van der Waals surface area contributed by atoms with Crippen LogP contribution in [0.25, 0.3) is 0 Å². The Morgan fingerprint density at radius 1 is 1.38 bits per heavy atom. The number of carbonyl (C=O) groups excluding carboxylic acids is 1. The molecule has 2 rings (SSSR count). The molecule has 0 saturated carbocycles. The normalized spacial score (nSPS) is 9.67. The number of hydrogen-bond donors (Lipinski definition) is 2. The van der Waals surface area contributed by atoms with Gasteiger partial charge in [0, 0.05) is 11.3 Å². The quantitative estimate of drug-likeness (QED) is 0.830. The van der Waals surface area contributed by atoms with Crippen molar-refractivity contribution in [3.8, 4) is 11.8 Å². The van der Waals surface area contributed by atoms with Gasteiger partial charge in [-0.2, -0.15) is 0 Å². The van der Waals surface area contributed by atoms with Gasteiger partial charge in [-0.15, -0.1) is 0 Å². The molecule has 0 bridgehead atoms. The monoisotopic (exact) mass is 284 g/mol. The summed E-state index contributed by atoms with van der Waals surface area (Å²) in [4.78, 5) is 16.0. The molecule has 1 heterocycles. The first-order chi connectivity index (χ1) is 10.1. The van der Waals surface area contributed by atoms with E-state index in [0.717, 1.165) is 0 Å². The Hall–Kier alpha value is -2.71. The minimum Gasteiger partial charge on any atom is -0.384 e. The lowest BCUT2D eigenvalue weighted by Crippen LogP contribution is -2.15. The molecular formula is C16H13FN2O2. The smallest absolute Gasteiger partial charge is 0.274 e. The number of amides is 1. The molecule has 106 valence electrons. The van der Waals surface area contributed by atoms with Crippen LogP contribution in [0.15, 0.2) is 36.4 Å². The van der Waals surface area contributed by atoms with Crippen LogP contribution in [0.1, 0.15) is 21.7 Å². The second kappa shape index (κ2) is 6.64. The number of rotatable bonds is 2. The van der Waals surface area contributed by atoms with Gasteiger partial charge in [-0.3, -0.25) is 4.79 Å². The number of carbonyl (C=O) groups is 1. The number of benzene rings is 1. The first-order valence-electron chi connectivity index (χ1n) is 6.24. The Kier molecular flexibility index (Phi) is 4.64. The molecule has 0 fully saturated rings. The third-order valence-corrected chi connectivity index (χ3v) is 2.65. The second-order valence-electron chi connectivity index (χ2n) is 4.27. The fourth-order valence-corrected chi connectivity index (χ4v) is 1.69. The van der Waals surface area contributed by atoms with Crippen molar-refractivity contribution in [3.63, 3.8) is 0 Å². The fraction of sp³-hybridized carbons (Fsp3) is 0.125. The van der Waals surface area contributed by atoms with Gasteiger partial charge in [0.15, 0.2) is 0 Å². The zero-order valence-electron chi connectivity index (χ0n) is 11.4. The molecule has 1 aromatic heterocycles. The maximum Gasteiger partial charge on any atom is 0.274 e. The van der Waals surface area contributed by atoms with Gasteiger partial charge in [0.1, 0.15) is 18.1 Å². The van der Waals surface area contributed by atoms with Crippen molar-refractivity contribution >= 4 is 11.6 Å². The van der Waals surface area contributed by atoms with Crippen molar-refractivity contribution in [1.29, 1.82) is 0 Å². The number of pyridine rings is 1. The molecule has 21 heavy (non-hydrogen) atoms. The Balaban J connectivity index is 2.18. The number of aryl methyl sites for hydroxylation is 1. The van der Waals surface area contributed by atoms with Gasteiger partial charge in [0.05, 0.1) is 5.69 Å². The number of aliphatic hydroxyl groups excluding tert-OH is 1. The van der Waals surface area contributed by atoms with Crippen molar-refractivity contribution < 1.29 is 14.3 Å². The average molecular weight is 284 g/mol. The third kappa shape index (κ3) is 3.88. The number of anilines is 1. The van der Waals surface area contributed by atoms with Gasteiger partial charge in [0.25, 0.3) is 5.91 Å². The van der Waals surface area contributed by atoms with E-state index in [1.165, 1.54) is 12.1 Å². The number of aromatic nitrogens is 1. The maximum absolute atomic E-state index is 13.9. The summed E-state index contributed by atoms with van der Waals surface area (Å²) in [7, 11) is 0. The summed E-state index contributed by atoms with van der Waals surface area (Å²) in [6.45, 7) is 1.48. The summed E-state index contributed by atoms with van der Waals surface area (Å²) in [5.74, 6) is 3.94. The van der Waals surface area contributed by atoms with Crippen molar-refractivity contribution in [3.05, 3.63) is 59.2 Å². The molecule has 1 amide bonds. The lowest BCUT2D eigenvalue weighted by Gasteiger charge is -2.06. The van der Waals surface area contributed by atoms with E-state index in [2.05, 4.69) is 22.1 Å². The van der Waals surface area contributed by atoms with Crippen LogP contribution in [-0.4, -0.2) is 22.6 Å². The zero-order valence-corrected chi connectivity index (χ0v) is 11.4. The van der Waals surface area contributed by atoms with Gasteiger partial charge in [-0.25, -0.2) is 9.37 Å². The number of aliphatic hydroxyl groups is 1. The van der Waals surface area contributed by atoms with E-state index in [1.807, 2.05) is 0 Å². The summed E-state index contributed by atoms with van der Waals surface area (Å²) in [6.07, 6.45) is 0. The molecular weight excluding hydrogens is 271 g/mol. The number of nitrogens with one attached hydrogen (secondary N) is 1. The first kappa shape index (κ1) is 14.7. The molecule has 0 unspecified atom stereocenters. The van der Waals surface area contributed by atoms with E-state index in [-0.39, 0.29) is 18.0 Å². The Morgan fingerprint density at radius 3 is 2.86 bits per heavy atom. The SMILES string of the molecule is Cc1cccc(C(=O)Nc2ccc(C#CCO)cc2F)n1. The van der Waals surface area contributed by atoms with Crippen molar-refractivity contribution in [2.45, 2.75) is 6.92 Å². The maximum atomic E-state index is 13.9. The molecule has 0 saturated heterocycles. The summed E-state index contributed by atoms with van der Waals surface area (Å²) < 4.78 is 13.9. The predicted molar refractivity (Wildman–Crippen MR) is 77.3 cm³/mol. The molecule has 0 aliphatic carbocycles. The van der Waals surface area contributed by atoms with Gasteiger partial charge in [-0.1, -0.05) is 17.9 Å². The minimum atomic E-state index is -0.597. The van der Waals surface area contributed by atoms with Crippen LogP contribution in [0.4, 0.5) is 10.1 Å². The van der Waals surface area contributed by atoms with Crippen LogP contribution < -0.4 is 5.32 Å². The van der Waals surface area contributed by atoms with Crippen LogP contribution in [0.5, 0.6) is 0 Å². The topological polar surface area (TPSA) is 62.2 Å². The molecule has 0 aliphatic rings. The summed E-state index contributed by atoms with van der Waals surface area (Å²) in [5, 5.41) is 11.1. The summed E-state index contributed by atoms with van der Waals surface area (Å²) in [6, 6.07) is 9.21. The van der Waals surface area contributed by atoms with Crippen LogP contribution in [0, 0.1) is 24.6 Å². The van der Waals surface area contributed by atoms with Gasteiger partial charge in [0.2, 0.25) is 0 Å². The highest BCUT2D eigenvalue weighted by molar-refractivity contribution is 6.02. The van der Waals surface area contributed by atoms with Gasteiger partial charge < -0.3 is 10.4 Å². The molecule has 0 spiro atoms. The molecule has 5 heteroatoms. The molecule has 2 aromatic rings. The molecule has 2 N–H and O–H groups in total. The molecule has 0 radical (unpaired) electrons. The Labute approximate surface area is 121 Å². The summed E-state index contributed by atoms with van der Waals surface area (Å²) >= 11 is 0. The van der Waals surface area contributed by atoms with Crippen LogP contribution >= 0.6 is 0 Å². The summed E-state index contributed by atoms with van der Waals surface area (Å²) in [5.41, 5.74) is 1.40. The van der Waals surface area contributed by atoms with Crippen LogP contribution in [0.2, 0.25) is 0 Å². The van der Waals surface area contributed by atoms with Crippen molar-refractivity contribution in [2.75, 3.05) is 11.9 Å². The largest absolute Gasteiger partial charge is 0.384 e. The van der Waals surface area contributed by atoms with E-state index in [9.17, 15) is 9.18 Å². The minimum absolute atomic E-state index is 0.0536. The van der Waals surface area contributed by atoms with Gasteiger partial charge in [-0.05, 0) is 37.3 Å². The van der Waals surface area contributed by atoms with E-state index in [4.69, 9.17) is 5.11 Å². The highest BCUT2D eigenvalue weighted by Crippen LogP contribution is 2.16. The lowest BCUT2D eigenvalue weighted by atomic mass is 10.2. The average Bonchev–Trinajstić information content (AvgIpc) is 2.47. The van der Waals surface area contributed by atoms with Crippen molar-refractivity contribution in [1.82, 2.24) is 4.98 Å². The van der Waals surface area contributed by atoms with Crippen molar-refractivity contribution in [2.24, 2.45) is 0 Å². The van der Waals surface area contributed by atoms with E-state index < -0.39 is 11.7 Å². The number of nitrogens with zero attached hydrogens (tertiary/aromatic N) is 1. The predicted octanol–water partition coefficient (Wildman–Crippen LogP) is 2.13. The molecule has 4 nitrogen and oxygen atoms in total. The molecule has 0 aliphatic heterocycles. The number of halogens is 1. The molecule has 1 aromatic carbocycles. The highest BCUT2D eigenvalue weighted by Gasteiger charge is 2.10. The molecule has 0 atom stereocenters. The van der Waals surface area contributed by atoms with E-state index in [0.29, 0.717) is 11.3 Å². The fourth-order valence-electron chi connectivity index (χ4n) is 1.69. The second-order valence-corrected chi connectivity index (χ2v) is 4.27.